The average molecular weight is 387 g/mol. The first kappa shape index (κ1) is 20.7. The predicted octanol–water partition coefficient (Wildman–Crippen LogP) is 3.56. The lowest BCUT2D eigenvalue weighted by atomic mass is 9.87. The van der Waals surface area contributed by atoms with E-state index in [9.17, 15) is 8.42 Å². The Morgan fingerprint density at radius 2 is 1.64 bits per heavy atom. The molecule has 6 heteroatoms. The molecule has 1 aromatic rings. The van der Waals surface area contributed by atoms with Crippen molar-refractivity contribution in [2.75, 3.05) is 19.6 Å². The van der Waals surface area contributed by atoms with Crippen molar-refractivity contribution >= 4 is 22.4 Å². The fraction of sp³-hybridized carbons (Fsp3) is 0.684. The van der Waals surface area contributed by atoms with Crippen LogP contribution in [-0.4, -0.2) is 38.4 Å². The van der Waals surface area contributed by atoms with Crippen LogP contribution in [0.2, 0.25) is 0 Å². The zero-order valence-electron chi connectivity index (χ0n) is 15.5. The second kappa shape index (κ2) is 7.95. The van der Waals surface area contributed by atoms with Gasteiger partial charge in [0, 0.05) is 19.1 Å². The molecular formula is C19H31ClN2O2S. The number of halogens is 1. The number of benzene rings is 1. The van der Waals surface area contributed by atoms with Gasteiger partial charge in [0.05, 0.1) is 4.90 Å². The van der Waals surface area contributed by atoms with E-state index in [2.05, 4.69) is 26.1 Å². The third kappa shape index (κ3) is 4.57. The van der Waals surface area contributed by atoms with Gasteiger partial charge in [0.1, 0.15) is 0 Å². The fourth-order valence-corrected chi connectivity index (χ4v) is 5.38. The SMILES string of the molecule is CC(C)(C)c1ccc(S(=O)(=O)N2CCC(C3CCCN3)CC2)cc1.Cl. The number of hydrogen-bond donors (Lipinski definition) is 1. The third-order valence-corrected chi connectivity index (χ3v) is 7.44. The number of piperidine rings is 1. The first-order chi connectivity index (χ1) is 11.3. The van der Waals surface area contributed by atoms with E-state index >= 15 is 0 Å². The normalized spacial score (nSPS) is 23.4. The lowest BCUT2D eigenvalue weighted by molar-refractivity contribution is 0.234. The van der Waals surface area contributed by atoms with Gasteiger partial charge in [0.15, 0.2) is 0 Å². The molecule has 142 valence electrons. The summed E-state index contributed by atoms with van der Waals surface area (Å²) in [7, 11) is -3.36. The molecule has 3 rings (SSSR count). The highest BCUT2D eigenvalue weighted by Gasteiger charge is 2.33. The molecule has 0 amide bonds. The summed E-state index contributed by atoms with van der Waals surface area (Å²) in [5, 5.41) is 3.56. The van der Waals surface area contributed by atoms with E-state index in [1.807, 2.05) is 12.1 Å². The third-order valence-electron chi connectivity index (χ3n) is 5.52. The van der Waals surface area contributed by atoms with E-state index in [1.165, 1.54) is 12.8 Å². The lowest BCUT2D eigenvalue weighted by Crippen LogP contribution is -2.43. The maximum Gasteiger partial charge on any atom is 0.243 e. The van der Waals surface area contributed by atoms with Crippen molar-refractivity contribution in [2.24, 2.45) is 5.92 Å². The molecule has 0 spiro atoms. The molecule has 2 aliphatic rings. The van der Waals surface area contributed by atoms with Crippen LogP contribution in [0.25, 0.3) is 0 Å². The second-order valence-electron chi connectivity index (χ2n) is 8.22. The highest BCUT2D eigenvalue weighted by Crippen LogP contribution is 2.29. The quantitative estimate of drug-likeness (QED) is 0.864. The Labute approximate surface area is 158 Å². The van der Waals surface area contributed by atoms with E-state index < -0.39 is 10.0 Å². The van der Waals surface area contributed by atoms with Gasteiger partial charge in [-0.3, -0.25) is 0 Å². The summed E-state index contributed by atoms with van der Waals surface area (Å²) in [6, 6.07) is 8.02. The van der Waals surface area contributed by atoms with E-state index in [-0.39, 0.29) is 17.8 Å². The summed E-state index contributed by atoms with van der Waals surface area (Å²) in [6.45, 7) is 8.82. The van der Waals surface area contributed by atoms with Gasteiger partial charge in [-0.05, 0) is 61.3 Å². The Kier molecular flexibility index (Phi) is 6.58. The predicted molar refractivity (Wildman–Crippen MR) is 105 cm³/mol. The molecule has 0 aliphatic carbocycles. The van der Waals surface area contributed by atoms with Crippen molar-refractivity contribution in [2.45, 2.75) is 62.8 Å². The standard InChI is InChI=1S/C19H30N2O2S.ClH/c1-19(2,3)16-6-8-17(9-7-16)24(22,23)21-13-10-15(11-14-21)18-5-4-12-20-18;/h6-9,15,18,20H,4-5,10-14H2,1-3H3;1H. The molecule has 1 aromatic carbocycles. The maximum absolute atomic E-state index is 12.9. The summed E-state index contributed by atoms with van der Waals surface area (Å²) >= 11 is 0. The van der Waals surface area contributed by atoms with Crippen molar-refractivity contribution in [3.05, 3.63) is 29.8 Å². The molecule has 2 saturated heterocycles. The van der Waals surface area contributed by atoms with Gasteiger partial charge in [0.25, 0.3) is 0 Å². The van der Waals surface area contributed by atoms with Crippen LogP contribution in [0.5, 0.6) is 0 Å². The molecule has 25 heavy (non-hydrogen) atoms. The minimum Gasteiger partial charge on any atom is -0.314 e. The molecule has 1 N–H and O–H groups in total. The minimum absolute atomic E-state index is 0. The number of rotatable bonds is 3. The summed E-state index contributed by atoms with van der Waals surface area (Å²) in [6.07, 6.45) is 4.43. The monoisotopic (exact) mass is 386 g/mol. The zero-order chi connectivity index (χ0) is 17.4. The molecule has 0 radical (unpaired) electrons. The Balaban J connectivity index is 0.00000225. The van der Waals surface area contributed by atoms with Gasteiger partial charge in [-0.2, -0.15) is 4.31 Å². The van der Waals surface area contributed by atoms with Crippen molar-refractivity contribution in [3.63, 3.8) is 0 Å². The highest BCUT2D eigenvalue weighted by atomic mass is 35.5. The lowest BCUT2D eigenvalue weighted by Gasteiger charge is -2.34. The smallest absolute Gasteiger partial charge is 0.243 e. The second-order valence-corrected chi connectivity index (χ2v) is 10.2. The number of sulfonamides is 1. The molecule has 2 fully saturated rings. The Morgan fingerprint density at radius 1 is 1.04 bits per heavy atom. The molecule has 0 aromatic heterocycles. The minimum atomic E-state index is -3.36. The van der Waals surface area contributed by atoms with Gasteiger partial charge >= 0.3 is 0 Å². The number of hydrogen-bond acceptors (Lipinski definition) is 3. The van der Waals surface area contributed by atoms with Crippen molar-refractivity contribution in [3.8, 4) is 0 Å². The molecule has 2 aliphatic heterocycles. The highest BCUT2D eigenvalue weighted by molar-refractivity contribution is 7.89. The van der Waals surface area contributed by atoms with Gasteiger partial charge in [-0.25, -0.2) is 8.42 Å². The van der Waals surface area contributed by atoms with E-state index in [0.717, 1.165) is 24.9 Å². The molecule has 4 nitrogen and oxygen atoms in total. The van der Waals surface area contributed by atoms with Crippen LogP contribution in [0.4, 0.5) is 0 Å². The summed E-state index contributed by atoms with van der Waals surface area (Å²) in [5.74, 6) is 0.627. The Morgan fingerprint density at radius 3 is 2.12 bits per heavy atom. The topological polar surface area (TPSA) is 49.4 Å². The van der Waals surface area contributed by atoms with Crippen molar-refractivity contribution < 1.29 is 8.42 Å². The first-order valence-corrected chi connectivity index (χ1v) is 10.6. The summed E-state index contributed by atoms with van der Waals surface area (Å²) in [5.41, 5.74) is 1.20. The number of nitrogens with zero attached hydrogens (tertiary/aromatic N) is 1. The first-order valence-electron chi connectivity index (χ1n) is 9.12. The molecule has 0 bridgehead atoms. The van der Waals surface area contributed by atoms with Crippen molar-refractivity contribution in [1.29, 1.82) is 0 Å². The Hall–Kier alpha value is -0.620. The van der Waals surface area contributed by atoms with Crippen LogP contribution in [0.1, 0.15) is 52.0 Å². The number of nitrogens with one attached hydrogen (secondary N) is 1. The van der Waals surface area contributed by atoms with Crippen LogP contribution < -0.4 is 5.32 Å². The van der Waals surface area contributed by atoms with Crippen LogP contribution in [-0.2, 0) is 15.4 Å². The summed E-state index contributed by atoms with van der Waals surface area (Å²) < 4.78 is 27.4. The largest absolute Gasteiger partial charge is 0.314 e. The average Bonchev–Trinajstić information content (AvgIpc) is 3.09. The van der Waals surface area contributed by atoms with Crippen LogP contribution >= 0.6 is 12.4 Å². The van der Waals surface area contributed by atoms with Gasteiger partial charge in [-0.1, -0.05) is 32.9 Å². The van der Waals surface area contributed by atoms with Gasteiger partial charge in [-0.15, -0.1) is 12.4 Å². The van der Waals surface area contributed by atoms with Crippen molar-refractivity contribution in [1.82, 2.24) is 9.62 Å². The van der Waals surface area contributed by atoms with Gasteiger partial charge in [0.2, 0.25) is 10.0 Å². The molecule has 1 atom stereocenters. The zero-order valence-corrected chi connectivity index (χ0v) is 17.1. The van der Waals surface area contributed by atoms with Crippen LogP contribution in [0, 0.1) is 5.92 Å². The fourth-order valence-electron chi connectivity index (χ4n) is 3.91. The molecule has 1 unspecified atom stereocenters. The van der Waals surface area contributed by atoms with Crippen LogP contribution in [0.3, 0.4) is 0 Å². The molecular weight excluding hydrogens is 356 g/mol. The van der Waals surface area contributed by atoms with Crippen LogP contribution in [0.15, 0.2) is 29.2 Å². The van der Waals surface area contributed by atoms with E-state index in [4.69, 9.17) is 0 Å². The molecule has 2 heterocycles. The Bertz CT molecular complexity index is 654. The van der Waals surface area contributed by atoms with E-state index in [0.29, 0.717) is 29.9 Å². The van der Waals surface area contributed by atoms with E-state index in [1.54, 1.807) is 16.4 Å². The summed E-state index contributed by atoms with van der Waals surface area (Å²) in [4.78, 5) is 0.424. The van der Waals surface area contributed by atoms with Gasteiger partial charge < -0.3 is 5.32 Å². The molecule has 0 saturated carbocycles. The maximum atomic E-state index is 12.9.